The minimum atomic E-state index is -0.957. The fraction of sp³-hybridized carbons (Fsp3) is 0.556. The van der Waals surface area contributed by atoms with Crippen molar-refractivity contribution in [3.8, 4) is 5.75 Å². The van der Waals surface area contributed by atoms with Gasteiger partial charge in [0.25, 0.3) is 0 Å². The zero-order valence-electron chi connectivity index (χ0n) is 15.1. The molecule has 136 valence electrons. The Bertz CT molecular complexity index is 789. The van der Waals surface area contributed by atoms with Crippen molar-refractivity contribution in [2.75, 3.05) is 18.5 Å². The van der Waals surface area contributed by atoms with Crippen LogP contribution in [0.1, 0.15) is 34.1 Å². The topological polar surface area (TPSA) is 86.5 Å². The zero-order valence-corrected chi connectivity index (χ0v) is 15.9. The molecule has 6 nitrogen and oxygen atoms in total. The maximum atomic E-state index is 12.8. The molecule has 0 aliphatic heterocycles. The van der Waals surface area contributed by atoms with Gasteiger partial charge in [0.2, 0.25) is 5.91 Å². The molecular formula is C18H25N3O3S. The molecule has 7 heteroatoms. The van der Waals surface area contributed by atoms with Crippen LogP contribution in [0, 0.1) is 5.41 Å². The van der Waals surface area contributed by atoms with E-state index in [2.05, 4.69) is 10.3 Å². The summed E-state index contributed by atoms with van der Waals surface area (Å²) in [6.07, 6.45) is 0.511. The summed E-state index contributed by atoms with van der Waals surface area (Å²) in [6, 6.07) is 5.70. The summed E-state index contributed by atoms with van der Waals surface area (Å²) in [5.74, 6) is 0.587. The first-order valence-corrected chi connectivity index (χ1v) is 9.38. The van der Waals surface area contributed by atoms with Crippen LogP contribution in [-0.2, 0) is 9.53 Å². The van der Waals surface area contributed by atoms with E-state index in [1.54, 1.807) is 0 Å². The predicted molar refractivity (Wildman–Crippen MR) is 100 cm³/mol. The van der Waals surface area contributed by atoms with E-state index in [0.717, 1.165) is 16.0 Å². The summed E-state index contributed by atoms with van der Waals surface area (Å²) in [4.78, 5) is 17.3. The van der Waals surface area contributed by atoms with Crippen molar-refractivity contribution >= 4 is 32.6 Å². The molecule has 1 amide bonds. The fourth-order valence-corrected chi connectivity index (χ4v) is 4.13. The van der Waals surface area contributed by atoms with Crippen LogP contribution in [0.15, 0.2) is 18.2 Å². The van der Waals surface area contributed by atoms with Crippen molar-refractivity contribution in [3.63, 3.8) is 0 Å². The van der Waals surface area contributed by atoms with E-state index in [0.29, 0.717) is 24.8 Å². The lowest BCUT2D eigenvalue weighted by Crippen LogP contribution is -2.74. The van der Waals surface area contributed by atoms with Crippen LogP contribution in [-0.4, -0.2) is 35.7 Å². The number of fused-ring (bicyclic) bond motifs is 1. The molecule has 1 heterocycles. The molecule has 25 heavy (non-hydrogen) atoms. The molecule has 0 spiro atoms. The molecular weight excluding hydrogens is 338 g/mol. The lowest BCUT2D eigenvalue weighted by atomic mass is 9.54. The number of anilines is 1. The predicted octanol–water partition coefficient (Wildman–Crippen LogP) is 3.17. The van der Waals surface area contributed by atoms with Gasteiger partial charge in [-0.15, -0.1) is 0 Å². The summed E-state index contributed by atoms with van der Waals surface area (Å²) >= 11 is 1.42. The number of aromatic nitrogens is 1. The summed E-state index contributed by atoms with van der Waals surface area (Å²) < 4.78 is 12.2. The maximum Gasteiger partial charge on any atom is 0.246 e. The molecule has 1 aromatic carbocycles. The van der Waals surface area contributed by atoms with E-state index in [1.165, 1.54) is 11.3 Å². The second-order valence-electron chi connectivity index (χ2n) is 6.88. The number of rotatable bonds is 6. The normalized spacial score (nSPS) is 24.8. The average Bonchev–Trinajstić information content (AvgIpc) is 2.96. The van der Waals surface area contributed by atoms with E-state index >= 15 is 0 Å². The number of nitrogens with two attached hydrogens (primary N) is 1. The van der Waals surface area contributed by atoms with Crippen LogP contribution < -0.4 is 15.8 Å². The standard InChI is InChI=1S/C18H25N3O3S/c1-5-23-11-7-8-12-13(9-11)25-16(20-12)21-15(22)18(19)10-14(24-6-2)17(18,3)4/h7-9,14H,5-6,10,19H2,1-4H3,(H,20,21,22). The highest BCUT2D eigenvalue weighted by Crippen LogP contribution is 2.50. The van der Waals surface area contributed by atoms with Gasteiger partial charge in [0.05, 0.1) is 22.9 Å². The van der Waals surface area contributed by atoms with Gasteiger partial charge in [-0.1, -0.05) is 25.2 Å². The van der Waals surface area contributed by atoms with Gasteiger partial charge in [-0.2, -0.15) is 0 Å². The Morgan fingerprint density at radius 2 is 2.16 bits per heavy atom. The van der Waals surface area contributed by atoms with Crippen LogP contribution in [0.5, 0.6) is 5.75 Å². The Balaban J connectivity index is 1.76. The number of nitrogens with one attached hydrogen (secondary N) is 1. The molecule has 0 saturated heterocycles. The molecule has 1 aromatic heterocycles. The van der Waals surface area contributed by atoms with Crippen molar-refractivity contribution in [2.24, 2.45) is 11.1 Å². The van der Waals surface area contributed by atoms with E-state index in [-0.39, 0.29) is 12.0 Å². The number of thiazole rings is 1. The van der Waals surface area contributed by atoms with Crippen molar-refractivity contribution in [1.29, 1.82) is 0 Å². The first-order valence-electron chi connectivity index (χ1n) is 8.57. The largest absolute Gasteiger partial charge is 0.494 e. The molecule has 0 bridgehead atoms. The minimum absolute atomic E-state index is 0.00244. The second-order valence-corrected chi connectivity index (χ2v) is 7.91. The van der Waals surface area contributed by atoms with E-state index < -0.39 is 11.0 Å². The van der Waals surface area contributed by atoms with Gasteiger partial charge in [-0.3, -0.25) is 4.79 Å². The minimum Gasteiger partial charge on any atom is -0.494 e. The smallest absolute Gasteiger partial charge is 0.246 e. The highest BCUT2D eigenvalue weighted by atomic mass is 32.1. The van der Waals surface area contributed by atoms with Crippen molar-refractivity contribution in [1.82, 2.24) is 4.98 Å². The zero-order chi connectivity index (χ0) is 18.2. The Morgan fingerprint density at radius 3 is 2.80 bits per heavy atom. The van der Waals surface area contributed by atoms with Crippen molar-refractivity contribution < 1.29 is 14.3 Å². The van der Waals surface area contributed by atoms with E-state index in [9.17, 15) is 4.79 Å². The summed E-state index contributed by atoms with van der Waals surface area (Å²) in [7, 11) is 0. The molecule has 3 N–H and O–H groups in total. The van der Waals surface area contributed by atoms with E-state index in [4.69, 9.17) is 15.2 Å². The van der Waals surface area contributed by atoms with Gasteiger partial charge >= 0.3 is 0 Å². The Hall–Kier alpha value is -1.70. The third-order valence-corrected chi connectivity index (χ3v) is 6.06. The monoisotopic (exact) mass is 363 g/mol. The maximum absolute atomic E-state index is 12.8. The number of nitrogens with zero attached hydrogens (tertiary/aromatic N) is 1. The van der Waals surface area contributed by atoms with Gasteiger partial charge < -0.3 is 20.5 Å². The van der Waals surface area contributed by atoms with Crippen LogP contribution >= 0.6 is 11.3 Å². The first-order chi connectivity index (χ1) is 11.8. The van der Waals surface area contributed by atoms with Gasteiger partial charge in [-0.05, 0) is 32.0 Å². The van der Waals surface area contributed by atoms with Crippen LogP contribution in [0.25, 0.3) is 10.2 Å². The number of amides is 1. The number of carbonyl (C=O) groups excluding carboxylic acids is 1. The fourth-order valence-electron chi connectivity index (χ4n) is 3.24. The SMILES string of the molecule is CCOc1ccc2nc(NC(=O)C3(N)CC(OCC)C3(C)C)sc2c1. The number of benzene rings is 1. The van der Waals surface area contributed by atoms with Gasteiger partial charge in [-0.25, -0.2) is 4.98 Å². The van der Waals surface area contributed by atoms with Gasteiger partial charge in [0.15, 0.2) is 5.13 Å². The molecule has 2 unspecified atom stereocenters. The number of hydrogen-bond acceptors (Lipinski definition) is 6. The summed E-state index contributed by atoms with van der Waals surface area (Å²) in [5, 5.41) is 3.44. The Morgan fingerprint density at radius 1 is 1.40 bits per heavy atom. The van der Waals surface area contributed by atoms with Crippen molar-refractivity contribution in [3.05, 3.63) is 18.2 Å². The van der Waals surface area contributed by atoms with E-state index in [1.807, 2.05) is 45.9 Å². The lowest BCUT2D eigenvalue weighted by Gasteiger charge is -2.57. The Kier molecular flexibility index (Phi) is 4.74. The van der Waals surface area contributed by atoms with Crippen LogP contribution in [0.4, 0.5) is 5.13 Å². The first kappa shape index (κ1) is 18.1. The molecule has 1 fully saturated rings. The summed E-state index contributed by atoms with van der Waals surface area (Å²) in [6.45, 7) is 9.07. The van der Waals surface area contributed by atoms with Gasteiger partial charge in [0, 0.05) is 18.4 Å². The van der Waals surface area contributed by atoms with Crippen LogP contribution in [0.2, 0.25) is 0 Å². The second kappa shape index (κ2) is 6.55. The third kappa shape index (κ3) is 3.01. The van der Waals surface area contributed by atoms with Gasteiger partial charge in [0.1, 0.15) is 11.3 Å². The van der Waals surface area contributed by atoms with Crippen LogP contribution in [0.3, 0.4) is 0 Å². The highest BCUT2D eigenvalue weighted by molar-refractivity contribution is 7.22. The Labute approximate surface area is 151 Å². The number of ether oxygens (including phenoxy) is 2. The molecule has 1 aliphatic rings. The number of hydrogen-bond donors (Lipinski definition) is 2. The number of carbonyl (C=O) groups is 1. The average molecular weight is 363 g/mol. The quantitative estimate of drug-likeness (QED) is 0.823. The third-order valence-electron chi connectivity index (χ3n) is 5.13. The molecule has 1 aliphatic carbocycles. The highest BCUT2D eigenvalue weighted by Gasteiger charge is 2.63. The molecule has 3 rings (SSSR count). The molecule has 2 atom stereocenters. The summed E-state index contributed by atoms with van der Waals surface area (Å²) in [5.41, 5.74) is 5.86. The molecule has 2 aromatic rings. The molecule has 1 saturated carbocycles. The lowest BCUT2D eigenvalue weighted by molar-refractivity contribution is -0.166. The van der Waals surface area contributed by atoms with Crippen molar-refractivity contribution in [2.45, 2.75) is 45.8 Å². The molecule has 0 radical (unpaired) electrons.